The number of anilines is 1. The Morgan fingerprint density at radius 1 is 1.38 bits per heavy atom. The van der Waals surface area contributed by atoms with E-state index in [0.29, 0.717) is 18.0 Å². The van der Waals surface area contributed by atoms with Gasteiger partial charge in [-0.15, -0.1) is 0 Å². The summed E-state index contributed by atoms with van der Waals surface area (Å²) >= 11 is 0. The van der Waals surface area contributed by atoms with Crippen molar-refractivity contribution in [2.75, 3.05) is 39.1 Å². The molecule has 2 amide bonds. The summed E-state index contributed by atoms with van der Waals surface area (Å²) in [5, 5.41) is 12.6. The van der Waals surface area contributed by atoms with Gasteiger partial charge in [-0.1, -0.05) is 6.92 Å². The van der Waals surface area contributed by atoms with Crippen molar-refractivity contribution in [3.8, 4) is 5.75 Å². The summed E-state index contributed by atoms with van der Waals surface area (Å²) in [6.07, 6.45) is 1.95. The predicted octanol–water partition coefficient (Wildman–Crippen LogP) is 1.75. The average Bonchev–Trinajstić information content (AvgIpc) is 3.50. The first-order valence-electron chi connectivity index (χ1n) is 10.4. The van der Waals surface area contributed by atoms with Crippen LogP contribution in [0.25, 0.3) is 0 Å². The Balaban J connectivity index is 1.91. The molecule has 3 rings (SSSR count). The molecule has 29 heavy (non-hydrogen) atoms. The van der Waals surface area contributed by atoms with Gasteiger partial charge in [-0.3, -0.25) is 9.59 Å². The zero-order valence-corrected chi connectivity index (χ0v) is 17.9. The highest BCUT2D eigenvalue weighted by atomic mass is 16.5. The molecule has 1 aromatic rings. The smallest absolute Gasteiger partial charge is 0.227 e. The van der Waals surface area contributed by atoms with Gasteiger partial charge >= 0.3 is 0 Å². The van der Waals surface area contributed by atoms with Crippen molar-refractivity contribution in [2.45, 2.75) is 45.3 Å². The summed E-state index contributed by atoms with van der Waals surface area (Å²) in [5.41, 5.74) is 1.45. The van der Waals surface area contributed by atoms with Crippen LogP contribution in [0.3, 0.4) is 0 Å². The quantitative estimate of drug-likeness (QED) is 0.756. The summed E-state index contributed by atoms with van der Waals surface area (Å²) in [7, 11) is 4.00. The summed E-state index contributed by atoms with van der Waals surface area (Å²) in [4.78, 5) is 29.0. The first-order chi connectivity index (χ1) is 13.8. The molecule has 0 bridgehead atoms. The first kappa shape index (κ1) is 21.6. The highest BCUT2D eigenvalue weighted by Crippen LogP contribution is 2.32. The summed E-state index contributed by atoms with van der Waals surface area (Å²) in [6, 6.07) is 5.28. The van der Waals surface area contributed by atoms with E-state index in [2.05, 4.69) is 17.1 Å². The second-order valence-corrected chi connectivity index (χ2v) is 8.74. The monoisotopic (exact) mass is 403 g/mol. The van der Waals surface area contributed by atoms with Crippen LogP contribution in [-0.2, 0) is 16.0 Å². The second-order valence-electron chi connectivity index (χ2n) is 8.74. The number of aliphatic hydroxyl groups excluding tert-OH is 1. The van der Waals surface area contributed by atoms with Crippen LogP contribution >= 0.6 is 0 Å². The van der Waals surface area contributed by atoms with Crippen molar-refractivity contribution in [3.63, 3.8) is 0 Å². The van der Waals surface area contributed by atoms with E-state index in [-0.39, 0.29) is 48.8 Å². The number of hydrogen-bond acceptors (Lipinski definition) is 5. The zero-order valence-electron chi connectivity index (χ0n) is 17.9. The zero-order chi connectivity index (χ0) is 21.1. The molecule has 7 heteroatoms. The maximum absolute atomic E-state index is 13.1. The van der Waals surface area contributed by atoms with E-state index < -0.39 is 0 Å². The van der Waals surface area contributed by atoms with Gasteiger partial charge in [0.25, 0.3) is 0 Å². The molecule has 0 saturated heterocycles. The molecule has 0 radical (unpaired) electrons. The number of fused-ring (bicyclic) bond motifs is 1. The second kappa shape index (κ2) is 9.13. The van der Waals surface area contributed by atoms with Crippen LogP contribution in [0, 0.1) is 11.8 Å². The van der Waals surface area contributed by atoms with E-state index in [1.807, 2.05) is 39.2 Å². The fourth-order valence-electron chi connectivity index (χ4n) is 3.67. The Kier molecular flexibility index (Phi) is 6.80. The van der Waals surface area contributed by atoms with E-state index in [0.717, 1.165) is 24.9 Å². The van der Waals surface area contributed by atoms with Crippen LogP contribution in [0.1, 0.15) is 32.3 Å². The van der Waals surface area contributed by atoms with Crippen LogP contribution in [-0.4, -0.2) is 72.7 Å². The van der Waals surface area contributed by atoms with Gasteiger partial charge < -0.3 is 25.0 Å². The third-order valence-electron chi connectivity index (χ3n) is 5.68. The molecule has 1 aliphatic heterocycles. The fourth-order valence-corrected chi connectivity index (χ4v) is 3.67. The summed E-state index contributed by atoms with van der Waals surface area (Å²) < 4.78 is 6.37. The summed E-state index contributed by atoms with van der Waals surface area (Å²) in [6.45, 7) is 5.10. The van der Waals surface area contributed by atoms with E-state index in [1.54, 1.807) is 4.90 Å². The number of nitrogens with one attached hydrogen (secondary N) is 1. The van der Waals surface area contributed by atoms with Crippen molar-refractivity contribution in [3.05, 3.63) is 23.8 Å². The average molecular weight is 404 g/mol. The largest absolute Gasteiger partial charge is 0.488 e. The van der Waals surface area contributed by atoms with Crippen molar-refractivity contribution >= 4 is 17.5 Å². The molecule has 3 atom stereocenters. The van der Waals surface area contributed by atoms with Gasteiger partial charge in [-0.05, 0) is 52.1 Å². The highest BCUT2D eigenvalue weighted by Gasteiger charge is 2.32. The maximum Gasteiger partial charge on any atom is 0.227 e. The SMILES string of the molecule is C[C@H](CO)N1C[C@H](C)[C@@H](CN(C)C)Oc2ccc(NC(=O)C3CC3)cc2CC1=O. The third kappa shape index (κ3) is 5.48. The van der Waals surface area contributed by atoms with E-state index in [9.17, 15) is 14.7 Å². The Labute approximate surface area is 173 Å². The number of nitrogens with zero attached hydrogens (tertiary/aromatic N) is 2. The number of likely N-dealkylation sites (N-methyl/N-ethyl adjacent to an activating group) is 1. The topological polar surface area (TPSA) is 82.1 Å². The Hall–Kier alpha value is -2.12. The van der Waals surface area contributed by atoms with Crippen molar-refractivity contribution in [1.82, 2.24) is 9.80 Å². The molecule has 1 aromatic carbocycles. The molecule has 1 fully saturated rings. The lowest BCUT2D eigenvalue weighted by Crippen LogP contribution is -2.47. The lowest BCUT2D eigenvalue weighted by Gasteiger charge is -2.33. The van der Waals surface area contributed by atoms with Crippen molar-refractivity contribution in [1.29, 1.82) is 0 Å². The van der Waals surface area contributed by atoms with E-state index in [1.165, 1.54) is 0 Å². The van der Waals surface area contributed by atoms with E-state index in [4.69, 9.17) is 4.74 Å². The molecule has 160 valence electrons. The number of rotatable bonds is 6. The number of aliphatic hydroxyl groups is 1. The Morgan fingerprint density at radius 3 is 2.72 bits per heavy atom. The van der Waals surface area contributed by atoms with Crippen LogP contribution in [0.4, 0.5) is 5.69 Å². The molecule has 2 N–H and O–H groups in total. The van der Waals surface area contributed by atoms with E-state index >= 15 is 0 Å². The van der Waals surface area contributed by atoms with Gasteiger partial charge in [0.1, 0.15) is 11.9 Å². The van der Waals surface area contributed by atoms with Crippen LogP contribution < -0.4 is 10.1 Å². The molecule has 0 aromatic heterocycles. The van der Waals surface area contributed by atoms with Gasteiger partial charge in [-0.25, -0.2) is 0 Å². The summed E-state index contributed by atoms with van der Waals surface area (Å²) in [5.74, 6) is 0.883. The Morgan fingerprint density at radius 2 is 2.10 bits per heavy atom. The molecule has 0 unspecified atom stereocenters. The number of carbonyl (C=O) groups is 2. The highest BCUT2D eigenvalue weighted by molar-refractivity contribution is 5.94. The molecular formula is C22H33N3O4. The number of benzene rings is 1. The number of amides is 2. The van der Waals surface area contributed by atoms with Gasteiger partial charge in [0.05, 0.1) is 19.1 Å². The molecule has 2 aliphatic rings. The normalized spacial score (nSPS) is 23.5. The standard InChI is InChI=1S/C22H33N3O4/c1-14-11-25(15(2)13-26)21(27)10-17-9-18(23-22(28)16-5-6-16)7-8-19(17)29-20(14)12-24(3)4/h7-9,14-16,20,26H,5-6,10-13H2,1-4H3,(H,23,28)/t14-,15+,20+/m0/s1. The van der Waals surface area contributed by atoms with Crippen molar-refractivity contribution < 1.29 is 19.4 Å². The van der Waals surface area contributed by atoms with Gasteiger partial charge in [0, 0.05) is 36.2 Å². The molecule has 0 spiro atoms. The lowest BCUT2D eigenvalue weighted by atomic mass is 10.0. The first-order valence-corrected chi connectivity index (χ1v) is 10.4. The molecule has 1 heterocycles. The Bertz CT molecular complexity index is 748. The fraction of sp³-hybridized carbons (Fsp3) is 0.636. The number of ether oxygens (including phenoxy) is 1. The number of carbonyl (C=O) groups excluding carboxylic acids is 2. The van der Waals surface area contributed by atoms with Gasteiger partial charge in [0.2, 0.25) is 11.8 Å². The number of hydrogen-bond donors (Lipinski definition) is 2. The minimum atomic E-state index is -0.260. The molecular weight excluding hydrogens is 370 g/mol. The molecule has 7 nitrogen and oxygen atoms in total. The van der Waals surface area contributed by atoms with Gasteiger partial charge in [-0.2, -0.15) is 0 Å². The molecule has 1 aliphatic carbocycles. The van der Waals surface area contributed by atoms with Crippen molar-refractivity contribution in [2.24, 2.45) is 11.8 Å². The lowest BCUT2D eigenvalue weighted by molar-refractivity contribution is -0.134. The van der Waals surface area contributed by atoms with Crippen LogP contribution in [0.2, 0.25) is 0 Å². The third-order valence-corrected chi connectivity index (χ3v) is 5.68. The van der Waals surface area contributed by atoms with Crippen LogP contribution in [0.5, 0.6) is 5.75 Å². The molecule has 1 saturated carbocycles. The predicted molar refractivity (Wildman–Crippen MR) is 112 cm³/mol. The minimum Gasteiger partial charge on any atom is -0.488 e. The van der Waals surface area contributed by atoms with Gasteiger partial charge in [0.15, 0.2) is 0 Å². The maximum atomic E-state index is 13.1. The minimum absolute atomic E-state index is 0.0369. The van der Waals surface area contributed by atoms with Crippen LogP contribution in [0.15, 0.2) is 18.2 Å².